The molecule has 0 fully saturated rings. The van der Waals surface area contributed by atoms with Gasteiger partial charge in [0.15, 0.2) is 23.2 Å². The van der Waals surface area contributed by atoms with Gasteiger partial charge in [0.05, 0.1) is 12.1 Å². The minimum Gasteiger partial charge on any atom is -0.454 e. The third-order valence-electron chi connectivity index (χ3n) is 5.93. The number of alkyl halides is 3. The summed E-state index contributed by atoms with van der Waals surface area (Å²) in [7, 11) is 0. The molecule has 1 aromatic heterocycles. The summed E-state index contributed by atoms with van der Waals surface area (Å²) in [6.07, 6.45) is -4.02. The molecule has 3 aromatic rings. The lowest BCUT2D eigenvalue weighted by molar-refractivity contribution is -0.173. The summed E-state index contributed by atoms with van der Waals surface area (Å²) in [6.45, 7) is 0.0640. The number of hydrogen-bond acceptors (Lipinski definition) is 6. The van der Waals surface area contributed by atoms with Crippen molar-refractivity contribution in [3.05, 3.63) is 65.4 Å². The number of nitrogens with one attached hydrogen (secondary N) is 2. The highest BCUT2D eigenvalue weighted by Crippen LogP contribution is 2.45. The molecule has 35 heavy (non-hydrogen) atoms. The first kappa shape index (κ1) is 22.6. The summed E-state index contributed by atoms with van der Waals surface area (Å²) in [5, 5.41) is 18.5. The van der Waals surface area contributed by atoms with Crippen LogP contribution < -0.4 is 20.1 Å². The van der Waals surface area contributed by atoms with Gasteiger partial charge in [-0.25, -0.2) is 4.68 Å². The number of nitriles is 1. The molecule has 0 spiro atoms. The third kappa shape index (κ3) is 4.59. The summed E-state index contributed by atoms with van der Waals surface area (Å²) >= 11 is 0. The van der Waals surface area contributed by atoms with Gasteiger partial charge in [-0.2, -0.15) is 23.5 Å². The van der Waals surface area contributed by atoms with E-state index in [-0.39, 0.29) is 24.7 Å². The molecule has 2 N–H and O–H groups in total. The van der Waals surface area contributed by atoms with Crippen LogP contribution in [0.1, 0.15) is 46.5 Å². The third-order valence-corrected chi connectivity index (χ3v) is 5.93. The number of amides is 1. The average Bonchev–Trinajstić information content (AvgIpc) is 3.48. The van der Waals surface area contributed by atoms with Crippen molar-refractivity contribution >= 4 is 17.4 Å². The largest absolute Gasteiger partial charge is 0.454 e. The zero-order valence-corrected chi connectivity index (χ0v) is 18.3. The van der Waals surface area contributed by atoms with Crippen molar-refractivity contribution in [2.75, 3.05) is 17.4 Å². The summed E-state index contributed by atoms with van der Waals surface area (Å²) in [6, 6.07) is 12.8. The van der Waals surface area contributed by atoms with Gasteiger partial charge in [0.2, 0.25) is 6.79 Å². The summed E-state index contributed by atoms with van der Waals surface area (Å²) in [5.41, 5.74) is 1.79. The Hall–Kier alpha value is -4.20. The van der Waals surface area contributed by atoms with Gasteiger partial charge in [-0.3, -0.25) is 4.79 Å². The number of aryl methyl sites for hydroxylation is 1. The second-order valence-corrected chi connectivity index (χ2v) is 8.27. The van der Waals surface area contributed by atoms with E-state index >= 15 is 0 Å². The molecule has 180 valence electrons. The van der Waals surface area contributed by atoms with Crippen molar-refractivity contribution in [3.8, 4) is 17.6 Å². The van der Waals surface area contributed by atoms with E-state index in [2.05, 4.69) is 21.8 Å². The van der Waals surface area contributed by atoms with E-state index in [4.69, 9.17) is 14.7 Å². The molecule has 0 bridgehead atoms. The number of anilines is 2. The molecular weight excluding hydrogens is 463 g/mol. The number of ether oxygens (including phenoxy) is 2. The Labute approximate surface area is 198 Å². The Balaban J connectivity index is 1.40. The van der Waals surface area contributed by atoms with Crippen molar-refractivity contribution < 1.29 is 27.4 Å². The predicted octanol–water partition coefficient (Wildman–Crippen LogP) is 4.98. The van der Waals surface area contributed by atoms with Crippen LogP contribution in [0.25, 0.3) is 0 Å². The first-order chi connectivity index (χ1) is 16.8. The molecule has 0 aliphatic carbocycles. The normalized spacial score (nSPS) is 18.3. The standard InChI is InChI=1S/C24H20F3N5O3/c25-24(26,27)21-11-17(15-6-7-19-20(10-15)35-13-34-19)30-22-12-18(31-32(21)22)23(33)29-16-5-1-3-14(9-16)4-2-8-28/h1,3,5-7,9-10,12,17,21,30H,2,4,11,13H2,(H,29,33)/t17-,21-/m1/s1. The van der Waals surface area contributed by atoms with Crippen LogP contribution in [0.3, 0.4) is 0 Å². The van der Waals surface area contributed by atoms with Crippen LogP contribution in [0.5, 0.6) is 11.5 Å². The lowest BCUT2D eigenvalue weighted by Crippen LogP contribution is -2.35. The average molecular weight is 483 g/mol. The highest BCUT2D eigenvalue weighted by molar-refractivity contribution is 6.03. The van der Waals surface area contributed by atoms with Gasteiger partial charge in [-0.15, -0.1) is 0 Å². The first-order valence-corrected chi connectivity index (χ1v) is 10.9. The second-order valence-electron chi connectivity index (χ2n) is 8.27. The van der Waals surface area contributed by atoms with Gasteiger partial charge in [0.25, 0.3) is 5.91 Å². The molecule has 3 heterocycles. The highest BCUT2D eigenvalue weighted by atomic mass is 19.4. The maximum absolute atomic E-state index is 14.0. The zero-order chi connectivity index (χ0) is 24.6. The summed E-state index contributed by atoms with van der Waals surface area (Å²) in [5.74, 6) is 0.475. The van der Waals surface area contributed by atoms with Gasteiger partial charge in [0, 0.05) is 24.6 Å². The Kier molecular flexibility index (Phi) is 5.72. The van der Waals surface area contributed by atoms with E-state index in [0.29, 0.717) is 35.6 Å². The first-order valence-electron chi connectivity index (χ1n) is 10.9. The Bertz CT molecular complexity index is 1310. The lowest BCUT2D eigenvalue weighted by Gasteiger charge is -2.33. The van der Waals surface area contributed by atoms with Crippen molar-refractivity contribution in [2.45, 2.75) is 37.5 Å². The smallest absolute Gasteiger partial charge is 0.410 e. The molecule has 2 aromatic carbocycles. The fraction of sp³-hybridized carbons (Fsp3) is 0.292. The van der Waals surface area contributed by atoms with Crippen LogP contribution in [-0.4, -0.2) is 28.7 Å². The summed E-state index contributed by atoms with van der Waals surface area (Å²) < 4.78 is 53.4. The van der Waals surface area contributed by atoms with Crippen LogP contribution >= 0.6 is 0 Å². The van der Waals surface area contributed by atoms with Crippen LogP contribution in [0, 0.1) is 11.3 Å². The SMILES string of the molecule is N#CCCc1cccc(NC(=O)c2cc3n(n2)[C@@H](C(F)(F)F)C[C@H](c2ccc4c(c2)OCO4)N3)c1. The van der Waals surface area contributed by atoms with Gasteiger partial charge in [-0.05, 0) is 41.8 Å². The van der Waals surface area contributed by atoms with E-state index < -0.39 is 24.2 Å². The van der Waals surface area contributed by atoms with Gasteiger partial charge >= 0.3 is 6.18 Å². The molecule has 5 rings (SSSR count). The number of halogens is 3. The predicted molar refractivity (Wildman–Crippen MR) is 119 cm³/mol. The number of carbonyl (C=O) groups excluding carboxylic acids is 1. The maximum Gasteiger partial charge on any atom is 0.410 e. The molecule has 1 amide bonds. The Morgan fingerprint density at radius 1 is 1.20 bits per heavy atom. The number of benzene rings is 2. The van der Waals surface area contributed by atoms with Crippen LogP contribution in [0.2, 0.25) is 0 Å². The van der Waals surface area contributed by atoms with Crippen molar-refractivity contribution in [1.29, 1.82) is 5.26 Å². The van der Waals surface area contributed by atoms with Crippen LogP contribution in [0.15, 0.2) is 48.5 Å². The molecular formula is C24H20F3N5O3. The minimum absolute atomic E-state index is 0.0640. The van der Waals surface area contributed by atoms with E-state index in [9.17, 15) is 18.0 Å². The molecule has 0 saturated heterocycles. The molecule has 0 radical (unpaired) electrons. The van der Waals surface area contributed by atoms with Crippen molar-refractivity contribution in [3.63, 3.8) is 0 Å². The summed E-state index contributed by atoms with van der Waals surface area (Å²) in [4.78, 5) is 12.8. The van der Waals surface area contributed by atoms with E-state index in [1.165, 1.54) is 6.07 Å². The fourth-order valence-electron chi connectivity index (χ4n) is 4.23. The van der Waals surface area contributed by atoms with Gasteiger partial charge in [0.1, 0.15) is 5.82 Å². The van der Waals surface area contributed by atoms with Gasteiger partial charge in [-0.1, -0.05) is 18.2 Å². The number of nitrogens with zero attached hydrogens (tertiary/aromatic N) is 3. The Morgan fingerprint density at radius 2 is 2.03 bits per heavy atom. The molecule has 0 unspecified atom stereocenters. The van der Waals surface area contributed by atoms with E-state index in [0.717, 1.165) is 10.2 Å². The van der Waals surface area contributed by atoms with Crippen LogP contribution in [-0.2, 0) is 6.42 Å². The van der Waals surface area contributed by atoms with Crippen molar-refractivity contribution in [1.82, 2.24) is 9.78 Å². The number of hydrogen-bond donors (Lipinski definition) is 2. The number of carbonyl (C=O) groups is 1. The lowest BCUT2D eigenvalue weighted by atomic mass is 9.96. The highest BCUT2D eigenvalue weighted by Gasteiger charge is 2.47. The Morgan fingerprint density at radius 3 is 2.83 bits per heavy atom. The molecule has 8 nitrogen and oxygen atoms in total. The number of rotatable bonds is 5. The molecule has 2 atom stereocenters. The number of fused-ring (bicyclic) bond motifs is 2. The van der Waals surface area contributed by atoms with E-state index in [1.807, 2.05) is 6.07 Å². The maximum atomic E-state index is 14.0. The molecule has 11 heteroatoms. The monoisotopic (exact) mass is 483 g/mol. The number of aromatic nitrogens is 2. The topological polar surface area (TPSA) is 101 Å². The quantitative estimate of drug-likeness (QED) is 0.531. The molecule has 0 saturated carbocycles. The molecule has 2 aliphatic rings. The molecule has 2 aliphatic heterocycles. The zero-order valence-electron chi connectivity index (χ0n) is 18.3. The fourth-order valence-corrected chi connectivity index (χ4v) is 4.23. The van der Waals surface area contributed by atoms with Gasteiger partial charge < -0.3 is 20.1 Å². The van der Waals surface area contributed by atoms with Crippen molar-refractivity contribution in [2.24, 2.45) is 0 Å². The van der Waals surface area contributed by atoms with Crippen LogP contribution in [0.4, 0.5) is 24.7 Å². The van der Waals surface area contributed by atoms with E-state index in [1.54, 1.807) is 36.4 Å². The minimum atomic E-state index is -4.57. The second kappa shape index (κ2) is 8.87.